The van der Waals surface area contributed by atoms with Crippen molar-refractivity contribution in [1.29, 1.82) is 0 Å². The second-order valence-electron chi connectivity index (χ2n) is 8.39. The fourth-order valence-corrected chi connectivity index (χ4v) is 4.68. The molecule has 2 aromatic rings. The zero-order valence-electron chi connectivity index (χ0n) is 20.7. The van der Waals surface area contributed by atoms with Crippen molar-refractivity contribution < 1.29 is 22.7 Å². The third-order valence-electron chi connectivity index (χ3n) is 5.65. The smallest absolute Gasteiger partial charge is 0.244 e. The molecule has 2 amide bonds. The molecule has 1 N–H and O–H groups in total. The van der Waals surface area contributed by atoms with Crippen molar-refractivity contribution in [2.45, 2.75) is 45.7 Å². The van der Waals surface area contributed by atoms with Crippen LogP contribution < -0.4 is 14.4 Å². The highest BCUT2D eigenvalue weighted by molar-refractivity contribution is 7.92. The van der Waals surface area contributed by atoms with E-state index < -0.39 is 28.5 Å². The SMILES string of the molecule is CCC(C(=O)NC)N(Cc1ccc(OC)cc1)C(=O)CN(c1ccccc1C(C)C)S(C)(=O)=O. The molecule has 0 saturated carbocycles. The Kier molecular flexibility index (Phi) is 9.49. The summed E-state index contributed by atoms with van der Waals surface area (Å²) in [4.78, 5) is 27.7. The standard InChI is InChI=1S/C25H35N3O5S/c1-7-22(25(30)26-4)27(16-19-12-14-20(33-5)15-13-19)24(29)17-28(34(6,31)32)23-11-9-8-10-21(23)18(2)3/h8-15,18,22H,7,16-17H2,1-6H3,(H,26,30). The lowest BCUT2D eigenvalue weighted by atomic mass is 10.0. The third kappa shape index (κ3) is 6.72. The van der Waals surface area contributed by atoms with E-state index in [-0.39, 0.29) is 18.4 Å². The number of hydrogen-bond donors (Lipinski definition) is 1. The van der Waals surface area contributed by atoms with Crippen LogP contribution in [-0.2, 0) is 26.2 Å². The fourth-order valence-electron chi connectivity index (χ4n) is 3.81. The van der Waals surface area contributed by atoms with Crippen LogP contribution in [0.5, 0.6) is 5.75 Å². The summed E-state index contributed by atoms with van der Waals surface area (Å²) in [6, 6.07) is 13.6. The van der Waals surface area contributed by atoms with Gasteiger partial charge in [-0.1, -0.05) is 51.1 Å². The number of hydrogen-bond acceptors (Lipinski definition) is 5. The van der Waals surface area contributed by atoms with E-state index >= 15 is 0 Å². The maximum atomic E-state index is 13.6. The molecule has 2 rings (SSSR count). The van der Waals surface area contributed by atoms with Crippen LogP contribution in [-0.4, -0.2) is 58.1 Å². The van der Waals surface area contributed by atoms with Crippen molar-refractivity contribution in [3.05, 3.63) is 59.7 Å². The summed E-state index contributed by atoms with van der Waals surface area (Å²) in [5.74, 6) is -0.0400. The highest BCUT2D eigenvalue weighted by atomic mass is 32.2. The van der Waals surface area contributed by atoms with Crippen molar-refractivity contribution in [3.8, 4) is 5.75 Å². The van der Waals surface area contributed by atoms with E-state index in [1.807, 2.05) is 45.0 Å². The molecule has 2 aromatic carbocycles. The van der Waals surface area contributed by atoms with E-state index in [9.17, 15) is 18.0 Å². The van der Waals surface area contributed by atoms with Gasteiger partial charge >= 0.3 is 0 Å². The number of carbonyl (C=O) groups excluding carboxylic acids is 2. The van der Waals surface area contributed by atoms with Gasteiger partial charge in [-0.15, -0.1) is 0 Å². The van der Waals surface area contributed by atoms with Crippen molar-refractivity contribution in [2.75, 3.05) is 31.3 Å². The fraction of sp³-hybridized carbons (Fsp3) is 0.440. The van der Waals surface area contributed by atoms with Crippen LogP contribution in [0.4, 0.5) is 5.69 Å². The molecule has 8 nitrogen and oxygen atoms in total. The van der Waals surface area contributed by atoms with Gasteiger partial charge in [-0.05, 0) is 41.7 Å². The first-order valence-corrected chi connectivity index (χ1v) is 13.1. The lowest BCUT2D eigenvalue weighted by Gasteiger charge is -2.33. The minimum Gasteiger partial charge on any atom is -0.497 e. The molecule has 1 unspecified atom stereocenters. The minimum atomic E-state index is -3.77. The monoisotopic (exact) mass is 489 g/mol. The normalized spacial score (nSPS) is 12.2. The minimum absolute atomic E-state index is 0.0558. The number of para-hydroxylation sites is 1. The highest BCUT2D eigenvalue weighted by Gasteiger charge is 2.32. The average Bonchev–Trinajstić information content (AvgIpc) is 2.81. The molecule has 0 spiro atoms. The summed E-state index contributed by atoms with van der Waals surface area (Å²) >= 11 is 0. The van der Waals surface area contributed by atoms with Crippen LogP contribution in [0.2, 0.25) is 0 Å². The molecule has 34 heavy (non-hydrogen) atoms. The quantitative estimate of drug-likeness (QED) is 0.523. The number of sulfonamides is 1. The molecule has 1 atom stereocenters. The Morgan fingerprint density at radius 2 is 1.68 bits per heavy atom. The van der Waals surface area contributed by atoms with Crippen molar-refractivity contribution in [3.63, 3.8) is 0 Å². The maximum absolute atomic E-state index is 13.6. The molecule has 0 aliphatic rings. The van der Waals surface area contributed by atoms with E-state index in [0.717, 1.165) is 21.7 Å². The van der Waals surface area contributed by atoms with Crippen LogP contribution in [0, 0.1) is 0 Å². The van der Waals surface area contributed by atoms with Gasteiger partial charge < -0.3 is 15.0 Å². The second kappa shape index (κ2) is 11.9. The number of rotatable bonds is 11. The number of likely N-dealkylation sites (N-methyl/N-ethyl adjacent to an activating group) is 1. The molecule has 0 aliphatic heterocycles. The zero-order valence-corrected chi connectivity index (χ0v) is 21.6. The third-order valence-corrected chi connectivity index (χ3v) is 6.78. The number of anilines is 1. The van der Waals surface area contributed by atoms with Gasteiger partial charge in [-0.2, -0.15) is 0 Å². The first-order valence-electron chi connectivity index (χ1n) is 11.2. The molecular weight excluding hydrogens is 454 g/mol. The predicted octanol–water partition coefficient (Wildman–Crippen LogP) is 3.14. The maximum Gasteiger partial charge on any atom is 0.244 e. The van der Waals surface area contributed by atoms with E-state index in [1.54, 1.807) is 31.4 Å². The molecule has 0 fully saturated rings. The Balaban J connectivity index is 2.47. The number of ether oxygens (including phenoxy) is 1. The molecule has 186 valence electrons. The number of methoxy groups -OCH3 is 1. The summed E-state index contributed by atoms with van der Waals surface area (Å²) in [5.41, 5.74) is 2.08. The lowest BCUT2D eigenvalue weighted by molar-refractivity contribution is -0.140. The highest BCUT2D eigenvalue weighted by Crippen LogP contribution is 2.29. The Bertz CT molecular complexity index is 1080. The number of nitrogens with one attached hydrogen (secondary N) is 1. The zero-order chi connectivity index (χ0) is 25.5. The summed E-state index contributed by atoms with van der Waals surface area (Å²) in [7, 11) is -0.690. The van der Waals surface area contributed by atoms with Crippen molar-refractivity contribution >= 4 is 27.5 Å². The number of carbonyl (C=O) groups is 2. The molecule has 0 aromatic heterocycles. The van der Waals surface area contributed by atoms with Gasteiger partial charge in [-0.25, -0.2) is 8.42 Å². The van der Waals surface area contributed by atoms with Crippen molar-refractivity contribution in [2.24, 2.45) is 0 Å². The van der Waals surface area contributed by atoms with Crippen LogP contribution in [0.3, 0.4) is 0 Å². The first kappa shape index (κ1) is 27.2. The number of benzene rings is 2. The molecule has 9 heteroatoms. The van der Waals surface area contributed by atoms with E-state index in [4.69, 9.17) is 4.74 Å². The molecule has 0 bridgehead atoms. The Morgan fingerprint density at radius 3 is 2.18 bits per heavy atom. The summed E-state index contributed by atoms with van der Waals surface area (Å²) in [5, 5.41) is 2.61. The number of amides is 2. The van der Waals surface area contributed by atoms with Crippen LogP contribution in [0.1, 0.15) is 44.2 Å². The molecule has 0 heterocycles. The summed E-state index contributed by atoms with van der Waals surface area (Å²) in [6.07, 6.45) is 1.46. The molecule has 0 aliphatic carbocycles. The van der Waals surface area contributed by atoms with Gasteiger partial charge in [0.15, 0.2) is 0 Å². The van der Waals surface area contributed by atoms with Gasteiger partial charge in [-0.3, -0.25) is 13.9 Å². The van der Waals surface area contributed by atoms with Crippen molar-refractivity contribution in [1.82, 2.24) is 10.2 Å². The number of nitrogens with zero attached hydrogens (tertiary/aromatic N) is 2. The molecule has 0 radical (unpaired) electrons. The predicted molar refractivity (Wildman–Crippen MR) is 134 cm³/mol. The molecule has 0 saturated heterocycles. The molecular formula is C25H35N3O5S. The van der Waals surface area contributed by atoms with Crippen LogP contribution >= 0.6 is 0 Å². The van der Waals surface area contributed by atoms with E-state index in [1.165, 1.54) is 11.9 Å². The topological polar surface area (TPSA) is 96.0 Å². The second-order valence-corrected chi connectivity index (χ2v) is 10.3. The average molecular weight is 490 g/mol. The van der Waals surface area contributed by atoms with Gasteiger partial charge in [0.2, 0.25) is 21.8 Å². The largest absolute Gasteiger partial charge is 0.497 e. The Labute approximate surface area is 202 Å². The first-order chi connectivity index (χ1) is 16.0. The lowest BCUT2D eigenvalue weighted by Crippen LogP contribution is -2.51. The Hall–Kier alpha value is -3.07. The van der Waals surface area contributed by atoms with Crippen LogP contribution in [0.15, 0.2) is 48.5 Å². The summed E-state index contributed by atoms with van der Waals surface area (Å²) < 4.78 is 31.9. The Morgan fingerprint density at radius 1 is 1.06 bits per heavy atom. The van der Waals surface area contributed by atoms with Crippen LogP contribution in [0.25, 0.3) is 0 Å². The van der Waals surface area contributed by atoms with Gasteiger partial charge in [0.25, 0.3) is 0 Å². The van der Waals surface area contributed by atoms with E-state index in [0.29, 0.717) is 17.9 Å². The van der Waals surface area contributed by atoms with Gasteiger partial charge in [0.1, 0.15) is 18.3 Å². The summed E-state index contributed by atoms with van der Waals surface area (Å²) in [6.45, 7) is 5.49. The van der Waals surface area contributed by atoms with Gasteiger partial charge in [0, 0.05) is 13.6 Å². The van der Waals surface area contributed by atoms with Gasteiger partial charge in [0.05, 0.1) is 19.1 Å². The van der Waals surface area contributed by atoms with E-state index in [2.05, 4.69) is 5.32 Å².